The van der Waals surface area contributed by atoms with Crippen LogP contribution in [-0.2, 0) is 0 Å². The largest absolute Gasteiger partial charge is 0.496 e. The van der Waals surface area contributed by atoms with Gasteiger partial charge in [-0.25, -0.2) is 4.68 Å². The zero-order chi connectivity index (χ0) is 23.9. The molecule has 0 saturated carbocycles. The zero-order valence-electron chi connectivity index (χ0n) is 18.9. The highest BCUT2D eigenvalue weighted by molar-refractivity contribution is 7.15. The Labute approximate surface area is 203 Å². The molecule has 0 amide bonds. The van der Waals surface area contributed by atoms with Crippen LogP contribution in [0.1, 0.15) is 11.1 Å². The fourth-order valence-electron chi connectivity index (χ4n) is 3.94. The lowest BCUT2D eigenvalue weighted by Crippen LogP contribution is -2.23. The van der Waals surface area contributed by atoms with Crippen molar-refractivity contribution in [2.75, 3.05) is 7.11 Å². The van der Waals surface area contributed by atoms with Gasteiger partial charge >= 0.3 is 0 Å². The maximum absolute atomic E-state index is 13.1. The van der Waals surface area contributed by atoms with Gasteiger partial charge in [-0.1, -0.05) is 29.5 Å². The summed E-state index contributed by atoms with van der Waals surface area (Å²) in [5.74, 6) is 1.71. The first kappa shape index (κ1) is 21.1. The summed E-state index contributed by atoms with van der Waals surface area (Å²) >= 11 is 1.28. The van der Waals surface area contributed by atoms with Crippen LogP contribution in [0.15, 0.2) is 82.3 Å². The van der Waals surface area contributed by atoms with Gasteiger partial charge in [0.2, 0.25) is 10.8 Å². The second kappa shape index (κ2) is 8.37. The Morgan fingerprint density at radius 1 is 1.06 bits per heavy atom. The van der Waals surface area contributed by atoms with Crippen molar-refractivity contribution in [1.29, 1.82) is 0 Å². The third-order valence-corrected chi connectivity index (χ3v) is 6.60. The average molecular weight is 482 g/mol. The van der Waals surface area contributed by atoms with Gasteiger partial charge in [-0.15, -0.1) is 5.10 Å². The molecule has 0 atom stereocenters. The minimum atomic E-state index is -0.236. The topological polar surface area (TPSA) is 87.4 Å². The van der Waals surface area contributed by atoms with E-state index >= 15 is 0 Å². The lowest BCUT2D eigenvalue weighted by molar-refractivity contribution is 0.412. The number of furan rings is 1. The number of thiazole rings is 1. The fourth-order valence-corrected chi connectivity index (χ4v) is 4.84. The molecule has 6 aromatic rings. The standard InChI is InChI=1S/C26H19N5O3S/c1-16-13-17(10-11-20(16)33-2)23-18(15-30(28-23)19-7-4-3-5-8-19)14-22-25(32)31-26(35-22)27-24(29-31)21-9-6-12-34-21/h3-15H,1-2H3. The molecule has 0 saturated heterocycles. The monoisotopic (exact) mass is 481 g/mol. The number of hydrogen-bond donors (Lipinski definition) is 0. The van der Waals surface area contributed by atoms with Crippen molar-refractivity contribution in [2.45, 2.75) is 6.92 Å². The van der Waals surface area contributed by atoms with Gasteiger partial charge in [0.05, 0.1) is 23.6 Å². The Morgan fingerprint density at radius 3 is 2.63 bits per heavy atom. The second-order valence-electron chi connectivity index (χ2n) is 7.92. The van der Waals surface area contributed by atoms with Gasteiger partial charge < -0.3 is 9.15 Å². The third-order valence-electron chi connectivity index (χ3n) is 5.64. The van der Waals surface area contributed by atoms with E-state index in [1.54, 1.807) is 25.5 Å². The van der Waals surface area contributed by atoms with Crippen LogP contribution in [0.3, 0.4) is 0 Å². The Hall–Kier alpha value is -4.50. The van der Waals surface area contributed by atoms with Crippen LogP contribution in [0.25, 0.3) is 39.6 Å². The van der Waals surface area contributed by atoms with E-state index in [-0.39, 0.29) is 5.56 Å². The van der Waals surface area contributed by atoms with E-state index in [0.29, 0.717) is 21.1 Å². The number of rotatable bonds is 5. The molecule has 0 bridgehead atoms. The van der Waals surface area contributed by atoms with Crippen LogP contribution in [0.5, 0.6) is 5.75 Å². The molecule has 4 heterocycles. The summed E-state index contributed by atoms with van der Waals surface area (Å²) in [6.07, 6.45) is 5.32. The molecule has 0 aliphatic rings. The van der Waals surface area contributed by atoms with Crippen LogP contribution in [0.4, 0.5) is 0 Å². The molecular weight excluding hydrogens is 462 g/mol. The highest BCUT2D eigenvalue weighted by Crippen LogP contribution is 2.29. The number of hydrogen-bond acceptors (Lipinski definition) is 7. The normalized spacial score (nSPS) is 12.0. The molecule has 8 nitrogen and oxygen atoms in total. The van der Waals surface area contributed by atoms with Crippen molar-refractivity contribution < 1.29 is 9.15 Å². The molecule has 2 aromatic carbocycles. The van der Waals surface area contributed by atoms with Gasteiger partial charge in [-0.3, -0.25) is 4.79 Å². The van der Waals surface area contributed by atoms with Gasteiger partial charge in [0, 0.05) is 17.3 Å². The molecule has 0 spiro atoms. The number of aryl methyl sites for hydroxylation is 1. The summed E-state index contributed by atoms with van der Waals surface area (Å²) in [6, 6.07) is 19.3. The quantitative estimate of drug-likeness (QED) is 0.368. The van der Waals surface area contributed by atoms with E-state index in [0.717, 1.165) is 33.8 Å². The predicted molar refractivity (Wildman–Crippen MR) is 134 cm³/mol. The number of methoxy groups -OCH3 is 1. The van der Waals surface area contributed by atoms with Crippen molar-refractivity contribution in [3.05, 3.63) is 99.1 Å². The summed E-state index contributed by atoms with van der Waals surface area (Å²) in [4.78, 5) is 18.1. The van der Waals surface area contributed by atoms with Crippen molar-refractivity contribution >= 4 is 22.4 Å². The first-order valence-electron chi connectivity index (χ1n) is 10.9. The van der Waals surface area contributed by atoms with E-state index in [2.05, 4.69) is 10.1 Å². The summed E-state index contributed by atoms with van der Waals surface area (Å²) in [7, 11) is 1.65. The Balaban J connectivity index is 1.51. The smallest absolute Gasteiger partial charge is 0.291 e. The average Bonchev–Trinajstić information content (AvgIpc) is 3.66. The highest BCUT2D eigenvalue weighted by atomic mass is 32.1. The summed E-state index contributed by atoms with van der Waals surface area (Å²) in [5, 5.41) is 9.20. The summed E-state index contributed by atoms with van der Waals surface area (Å²) in [5.41, 5.74) is 4.18. The van der Waals surface area contributed by atoms with Gasteiger partial charge in [0.25, 0.3) is 5.56 Å². The van der Waals surface area contributed by atoms with Crippen LogP contribution in [0, 0.1) is 6.92 Å². The van der Waals surface area contributed by atoms with Gasteiger partial charge in [-0.05, 0) is 61.0 Å². The van der Waals surface area contributed by atoms with E-state index in [1.807, 2.05) is 72.4 Å². The number of nitrogens with zero attached hydrogens (tertiary/aromatic N) is 5. The summed E-state index contributed by atoms with van der Waals surface area (Å²) < 4.78 is 14.4. The number of aromatic nitrogens is 5. The first-order valence-corrected chi connectivity index (χ1v) is 11.7. The SMILES string of the molecule is COc1ccc(-c2nn(-c3ccccc3)cc2C=c2sc3nc(-c4ccco4)nn3c2=O)cc1C. The van der Waals surface area contributed by atoms with Crippen LogP contribution in [0.2, 0.25) is 0 Å². The van der Waals surface area contributed by atoms with E-state index in [4.69, 9.17) is 14.3 Å². The molecule has 0 radical (unpaired) electrons. The molecule has 172 valence electrons. The van der Waals surface area contributed by atoms with Crippen molar-refractivity contribution in [1.82, 2.24) is 24.4 Å². The molecule has 0 unspecified atom stereocenters. The van der Waals surface area contributed by atoms with Crippen molar-refractivity contribution in [2.24, 2.45) is 0 Å². The van der Waals surface area contributed by atoms with Crippen LogP contribution >= 0.6 is 11.3 Å². The molecule has 35 heavy (non-hydrogen) atoms. The molecule has 9 heteroatoms. The third kappa shape index (κ3) is 3.71. The maximum Gasteiger partial charge on any atom is 0.291 e. The number of benzene rings is 2. The maximum atomic E-state index is 13.1. The second-order valence-corrected chi connectivity index (χ2v) is 8.93. The van der Waals surface area contributed by atoms with E-state index in [1.165, 1.54) is 15.9 Å². The van der Waals surface area contributed by atoms with Crippen LogP contribution in [-0.4, -0.2) is 31.5 Å². The number of ether oxygens (including phenoxy) is 1. The first-order chi connectivity index (χ1) is 17.1. The lowest BCUT2D eigenvalue weighted by atomic mass is 10.0. The van der Waals surface area contributed by atoms with Crippen molar-refractivity contribution in [3.8, 4) is 34.3 Å². The molecule has 0 aliphatic heterocycles. The lowest BCUT2D eigenvalue weighted by Gasteiger charge is -2.06. The molecule has 0 N–H and O–H groups in total. The Kier molecular flexibility index (Phi) is 5.04. The molecule has 4 aromatic heterocycles. The van der Waals surface area contributed by atoms with Gasteiger partial charge in [0.1, 0.15) is 11.4 Å². The van der Waals surface area contributed by atoms with E-state index in [9.17, 15) is 4.79 Å². The molecular formula is C26H19N5O3S. The number of fused-ring (bicyclic) bond motifs is 1. The Morgan fingerprint density at radius 2 is 1.91 bits per heavy atom. The van der Waals surface area contributed by atoms with E-state index < -0.39 is 0 Å². The van der Waals surface area contributed by atoms with Crippen LogP contribution < -0.4 is 14.8 Å². The molecule has 0 fully saturated rings. The van der Waals surface area contributed by atoms with Crippen molar-refractivity contribution in [3.63, 3.8) is 0 Å². The Bertz CT molecular complexity index is 1770. The fraction of sp³-hybridized carbons (Fsp3) is 0.0769. The molecule has 6 rings (SSSR count). The minimum absolute atomic E-state index is 0.236. The molecule has 0 aliphatic carbocycles. The number of para-hydroxylation sites is 1. The summed E-state index contributed by atoms with van der Waals surface area (Å²) in [6.45, 7) is 1.99. The minimum Gasteiger partial charge on any atom is -0.496 e. The zero-order valence-corrected chi connectivity index (χ0v) is 19.7. The van der Waals surface area contributed by atoms with Gasteiger partial charge in [0.15, 0.2) is 5.76 Å². The highest BCUT2D eigenvalue weighted by Gasteiger charge is 2.16. The predicted octanol–water partition coefficient (Wildman–Crippen LogP) is 4.13. The van der Waals surface area contributed by atoms with Gasteiger partial charge in [-0.2, -0.15) is 14.6 Å².